The summed E-state index contributed by atoms with van der Waals surface area (Å²) in [6.07, 6.45) is 1.48. The van der Waals surface area contributed by atoms with Gasteiger partial charge in [-0.25, -0.2) is 4.39 Å². The second kappa shape index (κ2) is 12.5. The summed E-state index contributed by atoms with van der Waals surface area (Å²) in [6, 6.07) is 17.3. The lowest BCUT2D eigenvalue weighted by atomic mass is 10.2. The van der Waals surface area contributed by atoms with Crippen LogP contribution in [0.3, 0.4) is 0 Å². The number of benzene rings is 3. The Morgan fingerprint density at radius 3 is 2.44 bits per heavy atom. The third-order valence-corrected chi connectivity index (χ3v) is 6.48. The molecule has 39 heavy (non-hydrogen) atoms. The fraction of sp³-hybridized carbons (Fsp3) is 0.111. The molecule has 1 aliphatic heterocycles. The minimum absolute atomic E-state index is 0.107. The van der Waals surface area contributed by atoms with Crippen molar-refractivity contribution in [2.75, 3.05) is 30.9 Å². The predicted octanol–water partition coefficient (Wildman–Crippen LogP) is 5.18. The van der Waals surface area contributed by atoms with Crippen LogP contribution in [0.25, 0.3) is 6.08 Å². The van der Waals surface area contributed by atoms with Gasteiger partial charge >= 0.3 is 0 Å². The Labute approximate surface area is 231 Å². The summed E-state index contributed by atoms with van der Waals surface area (Å²) < 4.78 is 24.3. The number of methoxy groups -OCH3 is 1. The van der Waals surface area contributed by atoms with Gasteiger partial charge in [0.25, 0.3) is 17.1 Å². The number of carbonyl (C=O) groups is 4. The Morgan fingerprint density at radius 2 is 1.72 bits per heavy atom. The average Bonchev–Trinajstić information content (AvgIpc) is 3.17. The molecule has 3 aromatic carbocycles. The second-order valence-corrected chi connectivity index (χ2v) is 9.46. The molecule has 0 radical (unpaired) electrons. The van der Waals surface area contributed by atoms with Crippen molar-refractivity contribution in [2.24, 2.45) is 0 Å². The van der Waals surface area contributed by atoms with E-state index < -0.39 is 29.4 Å². The van der Waals surface area contributed by atoms with Crippen molar-refractivity contribution in [3.05, 3.63) is 88.0 Å². The van der Waals surface area contributed by atoms with Crippen LogP contribution >= 0.6 is 23.4 Å². The summed E-state index contributed by atoms with van der Waals surface area (Å²) in [5, 5.41) is 4.39. The van der Waals surface area contributed by atoms with Crippen molar-refractivity contribution in [2.45, 2.75) is 0 Å². The van der Waals surface area contributed by atoms with E-state index in [2.05, 4.69) is 10.6 Å². The summed E-state index contributed by atoms with van der Waals surface area (Å²) in [4.78, 5) is 50.7. The topological polar surface area (TPSA) is 114 Å². The molecule has 12 heteroatoms. The summed E-state index contributed by atoms with van der Waals surface area (Å²) in [7, 11) is 1.43. The molecule has 0 atom stereocenters. The van der Waals surface area contributed by atoms with Crippen molar-refractivity contribution >= 4 is 63.8 Å². The van der Waals surface area contributed by atoms with Crippen LogP contribution in [0.1, 0.15) is 5.56 Å². The van der Waals surface area contributed by atoms with Gasteiger partial charge < -0.3 is 20.1 Å². The molecule has 0 aromatic heterocycles. The highest BCUT2D eigenvalue weighted by atomic mass is 35.5. The molecule has 9 nitrogen and oxygen atoms in total. The molecule has 1 heterocycles. The van der Waals surface area contributed by atoms with Gasteiger partial charge in [-0.15, -0.1) is 0 Å². The fourth-order valence-electron chi connectivity index (χ4n) is 3.46. The number of para-hydroxylation sites is 1. The number of nitrogens with zero attached hydrogens (tertiary/aromatic N) is 1. The average molecular weight is 570 g/mol. The van der Waals surface area contributed by atoms with Gasteiger partial charge in [-0.1, -0.05) is 35.9 Å². The minimum atomic E-state index is -0.652. The lowest BCUT2D eigenvalue weighted by Crippen LogP contribution is -2.36. The first kappa shape index (κ1) is 27.7. The van der Waals surface area contributed by atoms with E-state index in [-0.39, 0.29) is 28.1 Å². The van der Waals surface area contributed by atoms with E-state index in [0.29, 0.717) is 34.5 Å². The van der Waals surface area contributed by atoms with E-state index in [1.165, 1.54) is 25.3 Å². The fourth-order valence-corrected chi connectivity index (χ4v) is 4.48. The lowest BCUT2D eigenvalue weighted by molar-refractivity contribution is -0.127. The molecule has 4 rings (SSSR count). The summed E-state index contributed by atoms with van der Waals surface area (Å²) in [5.74, 6) is -1.67. The summed E-state index contributed by atoms with van der Waals surface area (Å²) >= 11 is 6.40. The third-order valence-electron chi connectivity index (χ3n) is 5.28. The molecular formula is C27H21ClFN3O6S. The van der Waals surface area contributed by atoms with Crippen LogP contribution in [0, 0.1) is 5.82 Å². The van der Waals surface area contributed by atoms with Gasteiger partial charge in [-0.3, -0.25) is 24.1 Å². The number of thioether (sulfide) groups is 1. The standard InChI is InChI=1S/C27H21ClFN3O6S/c1-37-22-11-16(7-10-21(22)38-15-25(34)30-17-5-3-2-4-6-17)12-23-26(35)32(27(36)39-23)14-24(33)31-18-8-9-20(29)19(28)13-18/h2-13H,14-15H2,1H3,(H,30,34)(H,31,33)/b23-12-. The van der Waals surface area contributed by atoms with Crippen molar-refractivity contribution in [1.29, 1.82) is 0 Å². The molecular weight excluding hydrogens is 549 g/mol. The molecule has 2 N–H and O–H groups in total. The molecule has 0 saturated carbocycles. The van der Waals surface area contributed by atoms with Gasteiger partial charge in [0.1, 0.15) is 12.4 Å². The third kappa shape index (κ3) is 7.15. The molecule has 4 amide bonds. The number of ether oxygens (including phenoxy) is 2. The Bertz CT molecular complexity index is 1470. The van der Waals surface area contributed by atoms with E-state index in [1.54, 1.807) is 42.5 Å². The largest absolute Gasteiger partial charge is 0.493 e. The first-order chi connectivity index (χ1) is 18.7. The minimum Gasteiger partial charge on any atom is -0.493 e. The van der Waals surface area contributed by atoms with E-state index >= 15 is 0 Å². The van der Waals surface area contributed by atoms with Gasteiger partial charge in [0.2, 0.25) is 5.91 Å². The number of hydrogen-bond acceptors (Lipinski definition) is 7. The SMILES string of the molecule is COc1cc(/C=C2\SC(=O)N(CC(=O)Nc3ccc(F)c(Cl)c3)C2=O)ccc1OCC(=O)Nc1ccccc1. The maximum absolute atomic E-state index is 13.3. The van der Waals surface area contributed by atoms with Crippen molar-refractivity contribution in [3.8, 4) is 11.5 Å². The number of hydrogen-bond donors (Lipinski definition) is 2. The summed E-state index contributed by atoms with van der Waals surface area (Å²) in [6.45, 7) is -0.784. The van der Waals surface area contributed by atoms with Crippen LogP contribution in [0.5, 0.6) is 11.5 Å². The molecule has 1 saturated heterocycles. The highest BCUT2D eigenvalue weighted by Crippen LogP contribution is 2.34. The van der Waals surface area contributed by atoms with Crippen molar-refractivity contribution in [3.63, 3.8) is 0 Å². The van der Waals surface area contributed by atoms with E-state index in [0.717, 1.165) is 11.0 Å². The number of imide groups is 1. The second-order valence-electron chi connectivity index (χ2n) is 8.06. The van der Waals surface area contributed by atoms with Gasteiger partial charge in [0.15, 0.2) is 18.1 Å². The number of anilines is 2. The quantitative estimate of drug-likeness (QED) is 0.341. The highest BCUT2D eigenvalue weighted by Gasteiger charge is 2.36. The van der Waals surface area contributed by atoms with Crippen LogP contribution in [-0.2, 0) is 14.4 Å². The molecule has 1 fully saturated rings. The van der Waals surface area contributed by atoms with Crippen LogP contribution in [0.4, 0.5) is 20.6 Å². The van der Waals surface area contributed by atoms with Gasteiger partial charge in [0.05, 0.1) is 17.0 Å². The maximum atomic E-state index is 13.3. The predicted molar refractivity (Wildman–Crippen MR) is 146 cm³/mol. The molecule has 1 aliphatic rings. The smallest absolute Gasteiger partial charge is 0.294 e. The van der Waals surface area contributed by atoms with Crippen LogP contribution in [0.15, 0.2) is 71.6 Å². The zero-order valence-electron chi connectivity index (χ0n) is 20.4. The van der Waals surface area contributed by atoms with Crippen molar-refractivity contribution < 1.29 is 33.0 Å². The molecule has 0 bridgehead atoms. The molecule has 0 aliphatic carbocycles. The zero-order chi connectivity index (χ0) is 27.9. The molecule has 3 aromatic rings. The monoisotopic (exact) mass is 569 g/mol. The van der Waals surface area contributed by atoms with E-state index in [1.807, 2.05) is 6.07 Å². The Morgan fingerprint density at radius 1 is 0.974 bits per heavy atom. The summed E-state index contributed by atoms with van der Waals surface area (Å²) in [5.41, 5.74) is 1.39. The first-order valence-electron chi connectivity index (χ1n) is 11.4. The first-order valence-corrected chi connectivity index (χ1v) is 12.6. The van der Waals surface area contributed by atoms with E-state index in [9.17, 15) is 23.6 Å². The number of rotatable bonds is 9. The van der Waals surface area contributed by atoms with Crippen molar-refractivity contribution in [1.82, 2.24) is 4.90 Å². The Kier molecular flexibility index (Phi) is 8.84. The number of amides is 4. The number of halogens is 2. The normalized spacial score (nSPS) is 13.9. The van der Waals surface area contributed by atoms with Crippen LogP contribution in [-0.4, -0.2) is 48.1 Å². The molecule has 0 spiro atoms. The molecule has 200 valence electrons. The van der Waals surface area contributed by atoms with E-state index in [4.69, 9.17) is 21.1 Å². The zero-order valence-corrected chi connectivity index (χ0v) is 22.0. The molecule has 0 unspecified atom stereocenters. The van der Waals surface area contributed by atoms with Crippen LogP contribution < -0.4 is 20.1 Å². The van der Waals surface area contributed by atoms with Gasteiger partial charge in [-0.05, 0) is 65.9 Å². The number of carbonyl (C=O) groups excluding carboxylic acids is 4. The Hall–Kier alpha value is -4.35. The van der Waals surface area contributed by atoms with Gasteiger partial charge in [0, 0.05) is 11.4 Å². The lowest BCUT2D eigenvalue weighted by Gasteiger charge is -2.13. The highest BCUT2D eigenvalue weighted by molar-refractivity contribution is 8.18. The Balaban J connectivity index is 1.38. The maximum Gasteiger partial charge on any atom is 0.294 e. The van der Waals surface area contributed by atoms with Gasteiger partial charge in [-0.2, -0.15) is 0 Å². The van der Waals surface area contributed by atoms with Crippen LogP contribution in [0.2, 0.25) is 5.02 Å². The number of nitrogens with one attached hydrogen (secondary N) is 2.